The number of aromatic nitrogens is 1. The fourth-order valence-corrected chi connectivity index (χ4v) is 3.62. The summed E-state index contributed by atoms with van der Waals surface area (Å²) in [5.74, 6) is -3.58. The van der Waals surface area contributed by atoms with Crippen molar-refractivity contribution in [2.45, 2.75) is 25.6 Å². The first-order valence-corrected chi connectivity index (χ1v) is 9.14. The molecule has 0 spiro atoms. The normalized spacial score (nSPS) is 11.4. The second kappa shape index (κ2) is 7.63. The highest BCUT2D eigenvalue weighted by atomic mass is 32.2. The van der Waals surface area contributed by atoms with Gasteiger partial charge < -0.3 is 10.3 Å². The van der Waals surface area contributed by atoms with Crippen molar-refractivity contribution in [3.63, 3.8) is 0 Å². The highest BCUT2D eigenvalue weighted by molar-refractivity contribution is 7.88. The summed E-state index contributed by atoms with van der Waals surface area (Å²) in [6, 6.07) is 4.30. The molecule has 26 heavy (non-hydrogen) atoms. The Labute approximate surface area is 149 Å². The van der Waals surface area contributed by atoms with E-state index >= 15 is 0 Å². The molecule has 3 N–H and O–H groups in total. The predicted octanol–water partition coefficient (Wildman–Crippen LogP) is 2.24. The van der Waals surface area contributed by atoms with Gasteiger partial charge in [-0.15, -0.1) is 0 Å². The van der Waals surface area contributed by atoms with Gasteiger partial charge in [-0.3, -0.25) is 4.79 Å². The number of hydrogen-bond donors (Lipinski definition) is 3. The van der Waals surface area contributed by atoms with E-state index in [0.29, 0.717) is 5.56 Å². The Kier molecular flexibility index (Phi) is 5.74. The molecule has 1 amide bonds. The second-order valence-electron chi connectivity index (χ2n) is 5.84. The number of nitriles is 1. The topological polar surface area (TPSA) is 115 Å². The maximum absolute atomic E-state index is 13.4. The molecule has 0 aliphatic rings. The lowest BCUT2D eigenvalue weighted by Crippen LogP contribution is -2.31. The van der Waals surface area contributed by atoms with Crippen LogP contribution in [0.25, 0.3) is 0 Å². The number of nitrogens with one attached hydrogen (secondary N) is 3. The monoisotopic (exact) mass is 382 g/mol. The first-order chi connectivity index (χ1) is 12.1. The smallest absolute Gasteiger partial charge is 0.272 e. The molecular formula is C16H16F2N4O3S. The maximum Gasteiger partial charge on any atom is 0.272 e. The van der Waals surface area contributed by atoms with Crippen LogP contribution in [-0.2, 0) is 15.8 Å². The number of halogens is 2. The van der Waals surface area contributed by atoms with Crippen molar-refractivity contribution in [3.05, 3.63) is 52.9 Å². The van der Waals surface area contributed by atoms with Crippen LogP contribution in [-0.4, -0.2) is 25.4 Å². The lowest BCUT2D eigenvalue weighted by atomic mass is 10.2. The summed E-state index contributed by atoms with van der Waals surface area (Å²) in [4.78, 5) is 14.8. The third-order valence-electron chi connectivity index (χ3n) is 3.17. The van der Waals surface area contributed by atoms with Crippen LogP contribution in [0, 0.1) is 23.0 Å². The number of nitrogens with zero attached hydrogens (tertiary/aromatic N) is 1. The Balaban J connectivity index is 2.14. The zero-order valence-corrected chi connectivity index (χ0v) is 14.7. The molecule has 0 aliphatic heterocycles. The number of aromatic amines is 1. The molecule has 0 saturated carbocycles. The number of carbonyl (C=O) groups is 1. The van der Waals surface area contributed by atoms with E-state index in [1.165, 1.54) is 18.3 Å². The van der Waals surface area contributed by atoms with Gasteiger partial charge in [-0.05, 0) is 31.5 Å². The molecule has 0 bridgehead atoms. The van der Waals surface area contributed by atoms with E-state index in [0.717, 1.165) is 12.1 Å². The molecule has 138 valence electrons. The third-order valence-corrected chi connectivity index (χ3v) is 4.71. The third kappa shape index (κ3) is 4.87. The van der Waals surface area contributed by atoms with Crippen molar-refractivity contribution in [2.24, 2.45) is 0 Å². The van der Waals surface area contributed by atoms with Gasteiger partial charge in [-0.1, -0.05) is 0 Å². The van der Waals surface area contributed by atoms with E-state index in [9.17, 15) is 22.0 Å². The number of rotatable bonds is 6. The number of carbonyl (C=O) groups excluding carboxylic acids is 1. The average molecular weight is 382 g/mol. The highest BCUT2D eigenvalue weighted by Crippen LogP contribution is 2.19. The van der Waals surface area contributed by atoms with Crippen molar-refractivity contribution in [1.29, 1.82) is 5.26 Å². The number of amides is 1. The van der Waals surface area contributed by atoms with E-state index in [1.54, 1.807) is 13.8 Å². The predicted molar refractivity (Wildman–Crippen MR) is 90.7 cm³/mol. The van der Waals surface area contributed by atoms with Crippen LogP contribution < -0.4 is 10.0 Å². The molecule has 2 rings (SSSR count). The minimum Gasteiger partial charge on any atom is -0.357 e. The Morgan fingerprint density at radius 2 is 2.00 bits per heavy atom. The minimum atomic E-state index is -3.55. The Hall–Kier alpha value is -2.77. The summed E-state index contributed by atoms with van der Waals surface area (Å²) in [5.41, 5.74) is -0.261. The molecule has 10 heteroatoms. The quantitative estimate of drug-likeness (QED) is 0.711. The van der Waals surface area contributed by atoms with Crippen molar-refractivity contribution in [2.75, 3.05) is 5.32 Å². The SMILES string of the molecule is CC(C)NS(=O)(=O)Cc1c[nH]c(C(=O)Nc2cc(F)c(F)c(C#N)c2)c1. The molecule has 0 fully saturated rings. The zero-order chi connectivity index (χ0) is 19.5. The Morgan fingerprint density at radius 3 is 2.62 bits per heavy atom. The lowest BCUT2D eigenvalue weighted by Gasteiger charge is -2.08. The standard InChI is InChI=1S/C16H16F2N4O3S/c1-9(2)22-26(24,25)8-10-3-14(20-7-10)16(23)21-12-4-11(6-19)15(18)13(17)5-12/h3-5,7,9,20,22H,8H2,1-2H3,(H,21,23). The van der Waals surface area contributed by atoms with Gasteiger partial charge in [0.15, 0.2) is 11.6 Å². The molecule has 1 aromatic carbocycles. The Bertz CT molecular complexity index is 978. The summed E-state index contributed by atoms with van der Waals surface area (Å²) in [7, 11) is -3.55. The summed E-state index contributed by atoms with van der Waals surface area (Å²) < 4.78 is 52.9. The van der Waals surface area contributed by atoms with Crippen LogP contribution in [0.15, 0.2) is 24.4 Å². The lowest BCUT2D eigenvalue weighted by molar-refractivity contribution is 0.102. The summed E-state index contributed by atoms with van der Waals surface area (Å²) >= 11 is 0. The fraction of sp³-hybridized carbons (Fsp3) is 0.250. The molecule has 1 heterocycles. The van der Waals surface area contributed by atoms with Crippen LogP contribution >= 0.6 is 0 Å². The van der Waals surface area contributed by atoms with Gasteiger partial charge in [0.1, 0.15) is 11.8 Å². The molecule has 0 aliphatic carbocycles. The highest BCUT2D eigenvalue weighted by Gasteiger charge is 2.17. The van der Waals surface area contributed by atoms with Crippen LogP contribution in [0.2, 0.25) is 0 Å². The van der Waals surface area contributed by atoms with Crippen LogP contribution in [0.5, 0.6) is 0 Å². The van der Waals surface area contributed by atoms with Gasteiger partial charge in [0.25, 0.3) is 5.91 Å². The van der Waals surface area contributed by atoms with Crippen molar-refractivity contribution in [3.8, 4) is 6.07 Å². The van der Waals surface area contributed by atoms with Crippen LogP contribution in [0.1, 0.15) is 35.5 Å². The van der Waals surface area contributed by atoms with Gasteiger partial charge in [-0.25, -0.2) is 21.9 Å². The number of anilines is 1. The van der Waals surface area contributed by atoms with Gasteiger partial charge in [-0.2, -0.15) is 5.26 Å². The van der Waals surface area contributed by atoms with Gasteiger partial charge >= 0.3 is 0 Å². The van der Waals surface area contributed by atoms with E-state index in [2.05, 4.69) is 15.0 Å². The maximum atomic E-state index is 13.4. The number of sulfonamides is 1. The minimum absolute atomic E-state index is 0.0305. The van der Waals surface area contributed by atoms with Crippen LogP contribution in [0.3, 0.4) is 0 Å². The molecule has 0 saturated heterocycles. The van der Waals surface area contributed by atoms with Crippen molar-refractivity contribution < 1.29 is 22.0 Å². The number of hydrogen-bond acceptors (Lipinski definition) is 4. The molecule has 2 aromatic rings. The fourth-order valence-electron chi connectivity index (χ4n) is 2.21. The van der Waals surface area contributed by atoms with Crippen molar-refractivity contribution in [1.82, 2.24) is 9.71 Å². The molecule has 1 aromatic heterocycles. The molecule has 0 radical (unpaired) electrons. The molecule has 7 nitrogen and oxygen atoms in total. The van der Waals surface area contributed by atoms with Gasteiger partial charge in [0.05, 0.1) is 11.3 Å². The summed E-state index contributed by atoms with van der Waals surface area (Å²) in [6.07, 6.45) is 1.36. The van der Waals surface area contributed by atoms with Crippen LogP contribution in [0.4, 0.5) is 14.5 Å². The van der Waals surface area contributed by atoms with Gasteiger partial charge in [0.2, 0.25) is 10.0 Å². The zero-order valence-electron chi connectivity index (χ0n) is 13.9. The second-order valence-corrected chi connectivity index (χ2v) is 7.59. The first-order valence-electron chi connectivity index (χ1n) is 7.49. The van der Waals surface area contributed by atoms with E-state index < -0.39 is 33.1 Å². The van der Waals surface area contributed by atoms with Crippen molar-refractivity contribution >= 4 is 21.6 Å². The first kappa shape index (κ1) is 19.6. The van der Waals surface area contributed by atoms with E-state index in [1.807, 2.05) is 0 Å². The van der Waals surface area contributed by atoms with E-state index in [-0.39, 0.29) is 23.2 Å². The molecule has 0 atom stereocenters. The largest absolute Gasteiger partial charge is 0.357 e. The Morgan fingerprint density at radius 1 is 1.31 bits per heavy atom. The summed E-state index contributed by atoms with van der Waals surface area (Å²) in [5, 5.41) is 11.1. The summed E-state index contributed by atoms with van der Waals surface area (Å²) in [6.45, 7) is 3.37. The van der Waals surface area contributed by atoms with E-state index in [4.69, 9.17) is 5.26 Å². The number of benzene rings is 1. The number of H-pyrrole nitrogens is 1. The molecular weight excluding hydrogens is 366 g/mol. The molecule has 0 unspecified atom stereocenters. The average Bonchev–Trinajstić information content (AvgIpc) is 2.97. The van der Waals surface area contributed by atoms with Gasteiger partial charge in [0, 0.05) is 24.0 Å².